The van der Waals surface area contributed by atoms with E-state index >= 15 is 0 Å². The smallest absolute Gasteiger partial charge is 0.326 e. The molecule has 2 heterocycles. The number of ether oxygens (including phenoxy) is 1. The molecule has 0 aromatic heterocycles. The number of hydrogen-bond acceptors (Lipinski definition) is 3. The van der Waals surface area contributed by atoms with Crippen molar-refractivity contribution in [1.29, 1.82) is 0 Å². The van der Waals surface area contributed by atoms with Gasteiger partial charge >= 0.3 is 5.97 Å². The molecule has 1 N–H and O–H groups in total. The van der Waals surface area contributed by atoms with Gasteiger partial charge in [0.15, 0.2) is 0 Å². The van der Waals surface area contributed by atoms with Crippen LogP contribution < -0.4 is 5.32 Å². The third-order valence-corrected chi connectivity index (χ3v) is 3.95. The standard InChI is InChI=1S/C15H18NO2/c17-14(18-11-12-5-2-1-3-6-12)15-9-4-7-13(16-15)8-10-15/h1-6,13,16H,7-11H2. The van der Waals surface area contributed by atoms with Crippen molar-refractivity contribution in [2.24, 2.45) is 0 Å². The number of rotatable bonds is 3. The third-order valence-electron chi connectivity index (χ3n) is 3.95. The van der Waals surface area contributed by atoms with Gasteiger partial charge in [-0.05, 0) is 37.7 Å². The number of nitrogens with one attached hydrogen (secondary N) is 1. The number of carbonyl (C=O) groups is 1. The molecule has 2 bridgehead atoms. The summed E-state index contributed by atoms with van der Waals surface area (Å²) in [6.45, 7) is 0.369. The molecule has 1 radical (unpaired) electrons. The van der Waals surface area contributed by atoms with Gasteiger partial charge in [-0.25, -0.2) is 0 Å². The van der Waals surface area contributed by atoms with Crippen LogP contribution in [0.5, 0.6) is 0 Å². The number of fused-ring (bicyclic) bond motifs is 2. The number of benzene rings is 1. The second-order valence-electron chi connectivity index (χ2n) is 5.25. The Hall–Kier alpha value is -1.35. The van der Waals surface area contributed by atoms with Crippen LogP contribution in [0.2, 0.25) is 0 Å². The second kappa shape index (κ2) is 4.73. The van der Waals surface area contributed by atoms with Crippen molar-refractivity contribution in [3.63, 3.8) is 0 Å². The van der Waals surface area contributed by atoms with E-state index in [2.05, 4.69) is 11.7 Å². The zero-order chi connectivity index (χ0) is 12.4. The van der Waals surface area contributed by atoms with Crippen LogP contribution in [-0.2, 0) is 16.1 Å². The summed E-state index contributed by atoms with van der Waals surface area (Å²) in [5, 5.41) is 3.43. The van der Waals surface area contributed by atoms with Crippen molar-refractivity contribution in [2.75, 3.05) is 0 Å². The van der Waals surface area contributed by atoms with Crippen LogP contribution >= 0.6 is 0 Å². The molecule has 2 atom stereocenters. The van der Waals surface area contributed by atoms with E-state index in [1.165, 1.54) is 0 Å². The molecule has 3 heteroatoms. The molecular formula is C15H18NO2. The molecule has 2 aliphatic rings. The molecular weight excluding hydrogens is 226 g/mol. The van der Waals surface area contributed by atoms with Gasteiger partial charge in [0.2, 0.25) is 0 Å². The Morgan fingerprint density at radius 2 is 2.22 bits per heavy atom. The maximum atomic E-state index is 12.2. The number of piperidine rings is 1. The van der Waals surface area contributed by atoms with E-state index in [0.29, 0.717) is 12.6 Å². The number of carbonyl (C=O) groups excluding carboxylic acids is 1. The lowest BCUT2D eigenvalue weighted by Crippen LogP contribution is -2.53. The largest absolute Gasteiger partial charge is 0.459 e. The lowest BCUT2D eigenvalue weighted by atomic mass is 9.91. The lowest BCUT2D eigenvalue weighted by molar-refractivity contribution is -0.153. The van der Waals surface area contributed by atoms with Gasteiger partial charge in [-0.15, -0.1) is 0 Å². The molecule has 2 saturated heterocycles. The first kappa shape index (κ1) is 11.7. The molecule has 0 aliphatic carbocycles. The van der Waals surface area contributed by atoms with Gasteiger partial charge in [0, 0.05) is 6.04 Å². The Morgan fingerprint density at radius 3 is 3.06 bits per heavy atom. The first-order chi connectivity index (χ1) is 8.78. The highest BCUT2D eigenvalue weighted by Gasteiger charge is 2.48. The third kappa shape index (κ3) is 2.15. The van der Waals surface area contributed by atoms with E-state index in [1.54, 1.807) is 0 Å². The topological polar surface area (TPSA) is 38.3 Å². The quantitative estimate of drug-likeness (QED) is 0.829. The van der Waals surface area contributed by atoms with E-state index in [4.69, 9.17) is 4.74 Å². The van der Waals surface area contributed by atoms with E-state index in [1.807, 2.05) is 30.3 Å². The normalized spacial score (nSPS) is 30.1. The Kier molecular flexibility index (Phi) is 3.08. The van der Waals surface area contributed by atoms with Gasteiger partial charge in [-0.1, -0.05) is 30.3 Å². The molecule has 0 saturated carbocycles. The fourth-order valence-corrected chi connectivity index (χ4v) is 2.93. The summed E-state index contributed by atoms with van der Waals surface area (Å²) in [5.41, 5.74) is 0.606. The van der Waals surface area contributed by atoms with Gasteiger partial charge < -0.3 is 4.74 Å². The van der Waals surface area contributed by atoms with Crippen LogP contribution in [0, 0.1) is 6.42 Å². The molecule has 2 aliphatic heterocycles. The van der Waals surface area contributed by atoms with Gasteiger partial charge in [-0.3, -0.25) is 10.1 Å². The minimum atomic E-state index is -0.433. The second-order valence-corrected chi connectivity index (χ2v) is 5.25. The van der Waals surface area contributed by atoms with Crippen LogP contribution in [-0.4, -0.2) is 17.6 Å². The van der Waals surface area contributed by atoms with Crippen molar-refractivity contribution in [2.45, 2.75) is 43.9 Å². The molecule has 1 aromatic rings. The number of hydrogen-bond donors (Lipinski definition) is 1. The average Bonchev–Trinajstić information content (AvgIpc) is 2.73. The van der Waals surface area contributed by atoms with Gasteiger partial charge in [0.05, 0.1) is 0 Å². The van der Waals surface area contributed by atoms with Gasteiger partial charge in [0.25, 0.3) is 0 Å². The van der Waals surface area contributed by atoms with Crippen LogP contribution in [0.25, 0.3) is 0 Å². The predicted molar refractivity (Wildman–Crippen MR) is 68.7 cm³/mol. The molecule has 1 aromatic carbocycles. The van der Waals surface area contributed by atoms with Crippen molar-refractivity contribution in [3.8, 4) is 0 Å². The zero-order valence-electron chi connectivity index (χ0n) is 10.4. The summed E-state index contributed by atoms with van der Waals surface area (Å²) in [4.78, 5) is 12.2. The zero-order valence-corrected chi connectivity index (χ0v) is 10.4. The number of esters is 1. The Bertz CT molecular complexity index is 427. The van der Waals surface area contributed by atoms with Crippen molar-refractivity contribution < 1.29 is 9.53 Å². The Balaban J connectivity index is 1.62. The summed E-state index contributed by atoms with van der Waals surface area (Å²) in [7, 11) is 0. The first-order valence-corrected chi connectivity index (χ1v) is 6.59. The van der Waals surface area contributed by atoms with Crippen LogP contribution in [0.3, 0.4) is 0 Å². The highest BCUT2D eigenvalue weighted by Crippen LogP contribution is 2.36. The summed E-state index contributed by atoms with van der Waals surface area (Å²) in [5.74, 6) is -0.0928. The fraction of sp³-hybridized carbons (Fsp3) is 0.467. The monoisotopic (exact) mass is 244 g/mol. The summed E-state index contributed by atoms with van der Waals surface area (Å²) in [6.07, 6.45) is 6.08. The molecule has 2 unspecified atom stereocenters. The maximum absolute atomic E-state index is 12.2. The maximum Gasteiger partial charge on any atom is 0.326 e. The van der Waals surface area contributed by atoms with Crippen molar-refractivity contribution >= 4 is 5.97 Å². The predicted octanol–water partition coefficient (Wildman–Crippen LogP) is 2.22. The molecule has 18 heavy (non-hydrogen) atoms. The van der Waals surface area contributed by atoms with E-state index < -0.39 is 5.54 Å². The SMILES string of the molecule is O=C(OCc1ccccc1)C12C[CH]CC(CC1)N2. The van der Waals surface area contributed by atoms with E-state index in [-0.39, 0.29) is 5.97 Å². The molecule has 0 amide bonds. The molecule has 2 fully saturated rings. The van der Waals surface area contributed by atoms with Gasteiger partial charge in [0.1, 0.15) is 12.1 Å². The molecule has 3 rings (SSSR count). The molecule has 3 nitrogen and oxygen atoms in total. The first-order valence-electron chi connectivity index (χ1n) is 6.59. The van der Waals surface area contributed by atoms with E-state index in [9.17, 15) is 4.79 Å². The highest BCUT2D eigenvalue weighted by molar-refractivity contribution is 5.82. The summed E-state index contributed by atoms with van der Waals surface area (Å²) in [6, 6.07) is 10.3. The minimum absolute atomic E-state index is 0.0928. The lowest BCUT2D eigenvalue weighted by Gasteiger charge is -2.32. The van der Waals surface area contributed by atoms with E-state index in [0.717, 1.165) is 31.2 Å². The average molecular weight is 244 g/mol. The minimum Gasteiger partial charge on any atom is -0.459 e. The summed E-state index contributed by atoms with van der Waals surface area (Å²) >= 11 is 0. The highest BCUT2D eigenvalue weighted by atomic mass is 16.5. The van der Waals surface area contributed by atoms with Crippen molar-refractivity contribution in [1.82, 2.24) is 5.32 Å². The van der Waals surface area contributed by atoms with Crippen LogP contribution in [0.1, 0.15) is 31.2 Å². The van der Waals surface area contributed by atoms with Crippen LogP contribution in [0.4, 0.5) is 0 Å². The Morgan fingerprint density at radius 1 is 1.39 bits per heavy atom. The van der Waals surface area contributed by atoms with Gasteiger partial charge in [-0.2, -0.15) is 0 Å². The Labute approximate surface area is 108 Å². The fourth-order valence-electron chi connectivity index (χ4n) is 2.93. The molecule has 0 spiro atoms. The van der Waals surface area contributed by atoms with Crippen LogP contribution in [0.15, 0.2) is 30.3 Å². The molecule has 95 valence electrons. The van der Waals surface area contributed by atoms with Crippen molar-refractivity contribution in [3.05, 3.63) is 42.3 Å². The summed E-state index contributed by atoms with van der Waals surface area (Å²) < 4.78 is 5.47.